The van der Waals surface area contributed by atoms with Crippen LogP contribution in [0.25, 0.3) is 11.5 Å². The summed E-state index contributed by atoms with van der Waals surface area (Å²) < 4.78 is 0. The molecule has 2 aromatic heterocycles. The Labute approximate surface area is 120 Å². The van der Waals surface area contributed by atoms with Gasteiger partial charge in [-0.15, -0.1) is 0 Å². The van der Waals surface area contributed by atoms with Gasteiger partial charge in [-0.25, -0.2) is 9.97 Å². The van der Waals surface area contributed by atoms with Crippen molar-refractivity contribution in [3.8, 4) is 11.5 Å². The summed E-state index contributed by atoms with van der Waals surface area (Å²) in [6, 6.07) is 4.05. The second kappa shape index (κ2) is 6.57. The van der Waals surface area contributed by atoms with Gasteiger partial charge in [-0.3, -0.25) is 4.98 Å². The van der Waals surface area contributed by atoms with Gasteiger partial charge in [-0.05, 0) is 43.5 Å². The van der Waals surface area contributed by atoms with Crippen LogP contribution in [0.15, 0.2) is 24.5 Å². The lowest BCUT2D eigenvalue weighted by molar-refractivity contribution is 0.548. The van der Waals surface area contributed by atoms with E-state index in [1.807, 2.05) is 26.1 Å². The fraction of sp³-hybridized carbons (Fsp3) is 0.438. The van der Waals surface area contributed by atoms with Crippen LogP contribution in [0.3, 0.4) is 0 Å². The van der Waals surface area contributed by atoms with Crippen LogP contribution in [-0.4, -0.2) is 21.5 Å². The first-order valence-electron chi connectivity index (χ1n) is 7.02. The summed E-state index contributed by atoms with van der Waals surface area (Å²) >= 11 is 0. The minimum atomic E-state index is 0.636. The molecule has 2 rings (SSSR count). The third kappa shape index (κ3) is 3.84. The van der Waals surface area contributed by atoms with E-state index in [4.69, 9.17) is 0 Å². The van der Waals surface area contributed by atoms with Crippen molar-refractivity contribution in [2.75, 3.05) is 6.54 Å². The van der Waals surface area contributed by atoms with Crippen LogP contribution in [0, 0.1) is 19.8 Å². The highest BCUT2D eigenvalue weighted by Gasteiger charge is 2.07. The molecule has 20 heavy (non-hydrogen) atoms. The van der Waals surface area contributed by atoms with Crippen LogP contribution in [0.1, 0.15) is 30.7 Å². The zero-order valence-corrected chi connectivity index (χ0v) is 12.6. The summed E-state index contributed by atoms with van der Waals surface area (Å²) in [7, 11) is 0. The first kappa shape index (κ1) is 14.6. The predicted octanol–water partition coefficient (Wildman–Crippen LogP) is 2.90. The predicted molar refractivity (Wildman–Crippen MR) is 81.3 cm³/mol. The van der Waals surface area contributed by atoms with Gasteiger partial charge in [0.05, 0.1) is 5.69 Å². The van der Waals surface area contributed by atoms with Gasteiger partial charge >= 0.3 is 0 Å². The van der Waals surface area contributed by atoms with Crippen molar-refractivity contribution >= 4 is 0 Å². The van der Waals surface area contributed by atoms with Crippen molar-refractivity contribution in [3.63, 3.8) is 0 Å². The Hall–Kier alpha value is -1.81. The molecule has 0 atom stereocenters. The highest BCUT2D eigenvalue weighted by Crippen LogP contribution is 2.17. The van der Waals surface area contributed by atoms with Gasteiger partial charge in [-0.2, -0.15) is 0 Å². The first-order valence-corrected chi connectivity index (χ1v) is 7.02. The van der Waals surface area contributed by atoms with E-state index in [0.717, 1.165) is 35.6 Å². The van der Waals surface area contributed by atoms with Crippen LogP contribution in [0.5, 0.6) is 0 Å². The Kier molecular flexibility index (Phi) is 4.79. The molecule has 0 aliphatic carbocycles. The Morgan fingerprint density at radius 1 is 1.20 bits per heavy atom. The number of pyridine rings is 1. The molecule has 0 aromatic carbocycles. The minimum Gasteiger partial charge on any atom is -0.311 e. The normalized spacial score (nSPS) is 11.1. The molecule has 0 spiro atoms. The number of aromatic nitrogens is 3. The Bertz CT molecular complexity index is 578. The zero-order chi connectivity index (χ0) is 14.5. The Balaban J connectivity index is 2.16. The van der Waals surface area contributed by atoms with E-state index in [1.165, 1.54) is 0 Å². The van der Waals surface area contributed by atoms with Gasteiger partial charge in [-0.1, -0.05) is 19.9 Å². The largest absolute Gasteiger partial charge is 0.311 e. The van der Waals surface area contributed by atoms with Gasteiger partial charge in [0.2, 0.25) is 0 Å². The van der Waals surface area contributed by atoms with Gasteiger partial charge < -0.3 is 5.32 Å². The molecule has 0 fully saturated rings. The molecule has 4 nitrogen and oxygen atoms in total. The van der Waals surface area contributed by atoms with Crippen molar-refractivity contribution < 1.29 is 0 Å². The highest BCUT2D eigenvalue weighted by atomic mass is 14.9. The lowest BCUT2D eigenvalue weighted by Crippen LogP contribution is -2.19. The summed E-state index contributed by atoms with van der Waals surface area (Å²) in [6.07, 6.45) is 3.66. The molecule has 2 heterocycles. The molecule has 1 N–H and O–H groups in total. The lowest BCUT2D eigenvalue weighted by Gasteiger charge is -2.08. The molecule has 0 amide bonds. The number of nitrogens with zero attached hydrogens (tertiary/aromatic N) is 3. The molecular formula is C16H22N4. The average Bonchev–Trinajstić information content (AvgIpc) is 2.38. The number of hydrogen-bond donors (Lipinski definition) is 1. The standard InChI is InChI=1S/C16H22N4/c1-11(2)8-17-10-14-5-6-18-16(20-14)15-13(4)7-12(3)9-19-15/h5-7,9,11,17H,8,10H2,1-4H3. The summed E-state index contributed by atoms with van der Waals surface area (Å²) in [5.74, 6) is 1.34. The lowest BCUT2D eigenvalue weighted by atomic mass is 10.1. The molecule has 0 unspecified atom stereocenters. The molecule has 0 aliphatic heterocycles. The molecule has 0 aliphatic rings. The maximum Gasteiger partial charge on any atom is 0.178 e. The molecule has 0 saturated heterocycles. The third-order valence-electron chi connectivity index (χ3n) is 3.00. The number of nitrogens with one attached hydrogen (secondary N) is 1. The molecule has 0 radical (unpaired) electrons. The van der Waals surface area contributed by atoms with Gasteiger partial charge in [0.15, 0.2) is 5.82 Å². The van der Waals surface area contributed by atoms with Crippen molar-refractivity contribution in [2.45, 2.75) is 34.2 Å². The smallest absolute Gasteiger partial charge is 0.178 e. The topological polar surface area (TPSA) is 50.7 Å². The molecule has 0 saturated carbocycles. The molecule has 2 aromatic rings. The summed E-state index contributed by atoms with van der Waals surface area (Å²) in [6.45, 7) is 10.2. The van der Waals surface area contributed by atoms with Crippen molar-refractivity contribution in [2.24, 2.45) is 5.92 Å². The van der Waals surface area contributed by atoms with Crippen LogP contribution < -0.4 is 5.32 Å². The maximum absolute atomic E-state index is 4.59. The summed E-state index contributed by atoms with van der Waals surface area (Å²) in [4.78, 5) is 13.4. The summed E-state index contributed by atoms with van der Waals surface area (Å²) in [5.41, 5.74) is 4.12. The van der Waals surface area contributed by atoms with Crippen LogP contribution >= 0.6 is 0 Å². The van der Waals surface area contributed by atoms with Crippen LogP contribution in [0.4, 0.5) is 0 Å². The van der Waals surface area contributed by atoms with Crippen LogP contribution in [-0.2, 0) is 6.54 Å². The van der Waals surface area contributed by atoms with E-state index in [1.54, 1.807) is 6.20 Å². The molecule has 4 heteroatoms. The van der Waals surface area contributed by atoms with Gasteiger partial charge in [0.25, 0.3) is 0 Å². The Morgan fingerprint density at radius 3 is 2.70 bits per heavy atom. The first-order chi connectivity index (χ1) is 9.56. The third-order valence-corrected chi connectivity index (χ3v) is 3.00. The number of aryl methyl sites for hydroxylation is 2. The van der Waals surface area contributed by atoms with E-state index < -0.39 is 0 Å². The van der Waals surface area contributed by atoms with Crippen molar-refractivity contribution in [3.05, 3.63) is 41.3 Å². The van der Waals surface area contributed by atoms with E-state index in [9.17, 15) is 0 Å². The van der Waals surface area contributed by atoms with E-state index in [2.05, 4.69) is 40.2 Å². The van der Waals surface area contributed by atoms with E-state index >= 15 is 0 Å². The maximum atomic E-state index is 4.59. The zero-order valence-electron chi connectivity index (χ0n) is 12.6. The number of hydrogen-bond acceptors (Lipinski definition) is 4. The minimum absolute atomic E-state index is 0.636. The summed E-state index contributed by atoms with van der Waals surface area (Å²) in [5, 5.41) is 3.39. The Morgan fingerprint density at radius 2 is 2.00 bits per heavy atom. The highest BCUT2D eigenvalue weighted by molar-refractivity contribution is 5.54. The van der Waals surface area contributed by atoms with Crippen molar-refractivity contribution in [1.82, 2.24) is 20.3 Å². The average molecular weight is 270 g/mol. The fourth-order valence-electron chi connectivity index (χ4n) is 2.05. The molecular weight excluding hydrogens is 248 g/mol. The van der Waals surface area contributed by atoms with Crippen LogP contribution in [0.2, 0.25) is 0 Å². The fourth-order valence-corrected chi connectivity index (χ4v) is 2.05. The van der Waals surface area contributed by atoms with E-state index in [-0.39, 0.29) is 0 Å². The van der Waals surface area contributed by atoms with Gasteiger partial charge in [0.1, 0.15) is 5.69 Å². The number of rotatable bonds is 5. The monoisotopic (exact) mass is 270 g/mol. The SMILES string of the molecule is Cc1cnc(-c2nccc(CNCC(C)C)n2)c(C)c1. The quantitative estimate of drug-likeness (QED) is 0.907. The second-order valence-corrected chi connectivity index (χ2v) is 5.57. The van der Waals surface area contributed by atoms with Crippen molar-refractivity contribution in [1.29, 1.82) is 0 Å². The second-order valence-electron chi connectivity index (χ2n) is 5.57. The molecule has 106 valence electrons. The molecule has 0 bridgehead atoms. The van der Waals surface area contributed by atoms with Gasteiger partial charge in [0, 0.05) is 18.9 Å². The van der Waals surface area contributed by atoms with E-state index in [0.29, 0.717) is 11.7 Å².